The molecule has 0 amide bonds. The Morgan fingerprint density at radius 2 is 2.42 bits per heavy atom. The first kappa shape index (κ1) is 13.7. The molecule has 0 fully saturated rings. The minimum Gasteiger partial charge on any atom is -0.480 e. The summed E-state index contributed by atoms with van der Waals surface area (Å²) in [5.74, 6) is 0.114. The number of hydrogen-bond donors (Lipinski definition) is 1. The Hall–Kier alpha value is -1.73. The average molecular weight is 281 g/mol. The lowest BCUT2D eigenvalue weighted by Crippen LogP contribution is -2.37. The van der Waals surface area contributed by atoms with E-state index in [1.165, 1.54) is 0 Å². The van der Waals surface area contributed by atoms with Gasteiger partial charge in [-0.2, -0.15) is 16.3 Å². The molecule has 2 aromatic heterocycles. The van der Waals surface area contributed by atoms with Crippen LogP contribution in [-0.4, -0.2) is 39.2 Å². The predicted octanol–water partition coefficient (Wildman–Crippen LogP) is 2.09. The van der Waals surface area contributed by atoms with Crippen LogP contribution >= 0.6 is 11.3 Å². The van der Waals surface area contributed by atoms with Crippen molar-refractivity contribution in [2.24, 2.45) is 0 Å². The SMILES string of the molecule is CCC(C(=O)O)N(C)Cc1noc(-c2ccsc2)n1. The van der Waals surface area contributed by atoms with E-state index in [1.54, 1.807) is 23.3 Å². The van der Waals surface area contributed by atoms with Crippen LogP contribution < -0.4 is 0 Å². The Balaban J connectivity index is 2.06. The van der Waals surface area contributed by atoms with Crippen molar-refractivity contribution in [1.82, 2.24) is 15.0 Å². The van der Waals surface area contributed by atoms with Gasteiger partial charge in [0.05, 0.1) is 12.1 Å². The molecule has 0 saturated heterocycles. The summed E-state index contributed by atoms with van der Waals surface area (Å²) >= 11 is 1.55. The fourth-order valence-corrected chi connectivity index (χ4v) is 2.46. The van der Waals surface area contributed by atoms with Gasteiger partial charge in [-0.05, 0) is 24.9 Å². The summed E-state index contributed by atoms with van der Waals surface area (Å²) in [6.45, 7) is 2.18. The van der Waals surface area contributed by atoms with Gasteiger partial charge in [0.1, 0.15) is 6.04 Å². The molecule has 0 aromatic carbocycles. The molecule has 0 saturated carbocycles. The van der Waals surface area contributed by atoms with Crippen LogP contribution in [0.5, 0.6) is 0 Å². The fourth-order valence-electron chi connectivity index (χ4n) is 1.83. The third-order valence-electron chi connectivity index (χ3n) is 2.83. The van der Waals surface area contributed by atoms with E-state index in [4.69, 9.17) is 9.63 Å². The second-order valence-electron chi connectivity index (χ2n) is 4.21. The minimum atomic E-state index is -0.841. The largest absolute Gasteiger partial charge is 0.480 e. The quantitative estimate of drug-likeness (QED) is 0.873. The number of likely N-dealkylation sites (N-methyl/N-ethyl adjacent to an activating group) is 1. The van der Waals surface area contributed by atoms with Crippen molar-refractivity contribution < 1.29 is 14.4 Å². The maximum Gasteiger partial charge on any atom is 0.320 e. The molecule has 0 radical (unpaired) electrons. The van der Waals surface area contributed by atoms with E-state index in [-0.39, 0.29) is 0 Å². The topological polar surface area (TPSA) is 79.5 Å². The maximum atomic E-state index is 11.0. The highest BCUT2D eigenvalue weighted by Gasteiger charge is 2.22. The molecule has 0 aliphatic heterocycles. The van der Waals surface area contributed by atoms with E-state index >= 15 is 0 Å². The maximum absolute atomic E-state index is 11.0. The normalized spacial score (nSPS) is 12.8. The molecule has 0 bridgehead atoms. The van der Waals surface area contributed by atoms with Crippen LogP contribution in [0.3, 0.4) is 0 Å². The van der Waals surface area contributed by atoms with Crippen molar-refractivity contribution in [3.8, 4) is 11.5 Å². The van der Waals surface area contributed by atoms with Crippen LogP contribution in [0, 0.1) is 0 Å². The summed E-state index contributed by atoms with van der Waals surface area (Å²) in [5, 5.41) is 16.8. The molecule has 19 heavy (non-hydrogen) atoms. The van der Waals surface area contributed by atoms with E-state index < -0.39 is 12.0 Å². The number of nitrogens with zero attached hydrogens (tertiary/aromatic N) is 3. The van der Waals surface area contributed by atoms with Gasteiger partial charge in [0, 0.05) is 5.38 Å². The molecular weight excluding hydrogens is 266 g/mol. The first-order valence-corrected chi connectivity index (χ1v) is 6.84. The highest BCUT2D eigenvalue weighted by Crippen LogP contribution is 2.20. The van der Waals surface area contributed by atoms with Crippen molar-refractivity contribution in [3.05, 3.63) is 22.7 Å². The lowest BCUT2D eigenvalue weighted by molar-refractivity contribution is -0.143. The second-order valence-corrected chi connectivity index (χ2v) is 4.99. The first-order valence-electron chi connectivity index (χ1n) is 5.90. The molecular formula is C12H15N3O3S. The summed E-state index contributed by atoms with van der Waals surface area (Å²) in [6, 6.07) is 1.36. The fraction of sp³-hybridized carbons (Fsp3) is 0.417. The monoisotopic (exact) mass is 281 g/mol. The van der Waals surface area contributed by atoms with Crippen molar-refractivity contribution in [1.29, 1.82) is 0 Å². The highest BCUT2D eigenvalue weighted by molar-refractivity contribution is 7.08. The van der Waals surface area contributed by atoms with Crippen LogP contribution in [0.15, 0.2) is 21.3 Å². The summed E-state index contributed by atoms with van der Waals surface area (Å²) < 4.78 is 5.16. The van der Waals surface area contributed by atoms with Gasteiger partial charge in [-0.3, -0.25) is 9.69 Å². The summed E-state index contributed by atoms with van der Waals surface area (Å²) in [5.41, 5.74) is 0.886. The number of aliphatic carboxylic acids is 1. The standard InChI is InChI=1S/C12H15N3O3S/c1-3-9(12(16)17)15(2)6-10-13-11(18-14-10)8-4-5-19-7-8/h4-5,7,9H,3,6H2,1-2H3,(H,16,17). The van der Waals surface area contributed by atoms with Gasteiger partial charge in [-0.15, -0.1) is 0 Å². The van der Waals surface area contributed by atoms with Crippen molar-refractivity contribution in [3.63, 3.8) is 0 Å². The van der Waals surface area contributed by atoms with Crippen LogP contribution in [0.25, 0.3) is 11.5 Å². The molecule has 0 spiro atoms. The molecule has 1 atom stereocenters. The van der Waals surface area contributed by atoms with Crippen molar-refractivity contribution in [2.75, 3.05) is 7.05 Å². The minimum absolute atomic E-state index is 0.346. The van der Waals surface area contributed by atoms with Crippen molar-refractivity contribution >= 4 is 17.3 Å². The zero-order valence-electron chi connectivity index (χ0n) is 10.7. The summed E-state index contributed by atoms with van der Waals surface area (Å²) in [7, 11) is 1.74. The van der Waals surface area contributed by atoms with Crippen molar-refractivity contribution in [2.45, 2.75) is 25.9 Å². The van der Waals surface area contributed by atoms with Gasteiger partial charge in [0.15, 0.2) is 5.82 Å². The Labute approximate surface area is 114 Å². The molecule has 7 heteroatoms. The lowest BCUT2D eigenvalue weighted by Gasteiger charge is -2.21. The van der Waals surface area contributed by atoms with Gasteiger partial charge in [0.2, 0.25) is 0 Å². The Bertz CT molecular complexity index is 538. The number of carbonyl (C=O) groups is 1. The van der Waals surface area contributed by atoms with E-state index in [9.17, 15) is 4.79 Å². The third kappa shape index (κ3) is 3.18. The zero-order valence-corrected chi connectivity index (χ0v) is 11.6. The Kier molecular flexibility index (Phi) is 4.28. The van der Waals surface area contributed by atoms with E-state index in [1.807, 2.05) is 23.8 Å². The molecule has 0 aliphatic rings. The first-order chi connectivity index (χ1) is 9.11. The molecule has 1 unspecified atom stereocenters. The molecule has 2 heterocycles. The third-order valence-corrected chi connectivity index (χ3v) is 3.51. The second kappa shape index (κ2) is 5.94. The molecule has 2 rings (SSSR count). The van der Waals surface area contributed by atoms with Crippen LogP contribution in [-0.2, 0) is 11.3 Å². The number of hydrogen-bond acceptors (Lipinski definition) is 6. The molecule has 0 aliphatic carbocycles. The Morgan fingerprint density at radius 3 is 3.00 bits per heavy atom. The smallest absolute Gasteiger partial charge is 0.320 e. The average Bonchev–Trinajstić information content (AvgIpc) is 2.98. The summed E-state index contributed by atoms with van der Waals surface area (Å²) in [6.07, 6.45) is 0.529. The zero-order chi connectivity index (χ0) is 13.8. The number of carboxylic acids is 1. The van der Waals surface area contributed by atoms with E-state index in [2.05, 4.69) is 10.1 Å². The Morgan fingerprint density at radius 1 is 1.63 bits per heavy atom. The number of thiophene rings is 1. The van der Waals surface area contributed by atoms with Gasteiger partial charge in [0.25, 0.3) is 5.89 Å². The van der Waals surface area contributed by atoms with Crippen LogP contribution in [0.4, 0.5) is 0 Å². The number of aromatic nitrogens is 2. The van der Waals surface area contributed by atoms with Gasteiger partial charge >= 0.3 is 5.97 Å². The van der Waals surface area contributed by atoms with Crippen LogP contribution in [0.1, 0.15) is 19.2 Å². The van der Waals surface area contributed by atoms with Gasteiger partial charge in [-0.25, -0.2) is 0 Å². The van der Waals surface area contributed by atoms with E-state index in [0.29, 0.717) is 24.7 Å². The number of rotatable bonds is 6. The van der Waals surface area contributed by atoms with Gasteiger partial charge < -0.3 is 9.63 Å². The molecule has 1 N–H and O–H groups in total. The summed E-state index contributed by atoms with van der Waals surface area (Å²) in [4.78, 5) is 17.0. The highest BCUT2D eigenvalue weighted by atomic mass is 32.1. The molecule has 2 aromatic rings. The predicted molar refractivity (Wildman–Crippen MR) is 70.8 cm³/mol. The molecule has 6 nitrogen and oxygen atoms in total. The number of carboxylic acid groups (broad SMARTS) is 1. The van der Waals surface area contributed by atoms with Crippen LogP contribution in [0.2, 0.25) is 0 Å². The van der Waals surface area contributed by atoms with E-state index in [0.717, 1.165) is 5.56 Å². The molecule has 102 valence electrons. The van der Waals surface area contributed by atoms with Gasteiger partial charge in [-0.1, -0.05) is 12.1 Å². The lowest BCUT2D eigenvalue weighted by atomic mass is 10.2.